The van der Waals surface area contributed by atoms with E-state index in [1.54, 1.807) is 36.4 Å². The third kappa shape index (κ3) is 3.42. The van der Waals surface area contributed by atoms with Gasteiger partial charge in [0.05, 0.1) is 17.7 Å². The molecule has 0 radical (unpaired) electrons. The van der Waals surface area contributed by atoms with Gasteiger partial charge in [-0.2, -0.15) is 0 Å². The third-order valence-corrected chi connectivity index (χ3v) is 5.02. The van der Waals surface area contributed by atoms with Crippen LogP contribution in [0.2, 0.25) is 0 Å². The van der Waals surface area contributed by atoms with E-state index < -0.39 is 11.5 Å². The van der Waals surface area contributed by atoms with Gasteiger partial charge >= 0.3 is 0 Å². The number of para-hydroxylation sites is 1. The van der Waals surface area contributed by atoms with Gasteiger partial charge in [-0.1, -0.05) is 36.4 Å². The van der Waals surface area contributed by atoms with Crippen molar-refractivity contribution in [3.8, 4) is 5.75 Å². The molecule has 0 bridgehead atoms. The van der Waals surface area contributed by atoms with E-state index in [1.165, 1.54) is 18.4 Å². The maximum atomic E-state index is 13.0. The van der Waals surface area contributed by atoms with Gasteiger partial charge in [0, 0.05) is 5.56 Å². The van der Waals surface area contributed by atoms with Crippen LogP contribution in [0.3, 0.4) is 0 Å². The van der Waals surface area contributed by atoms with Crippen LogP contribution in [0.25, 0.3) is 0 Å². The first-order chi connectivity index (χ1) is 12.6. The van der Waals surface area contributed by atoms with Gasteiger partial charge < -0.3 is 9.84 Å². The molecule has 0 aliphatic carbocycles. The Kier molecular flexibility index (Phi) is 5.25. The summed E-state index contributed by atoms with van der Waals surface area (Å²) in [5.74, 6) is -0.153. The summed E-state index contributed by atoms with van der Waals surface area (Å²) < 4.78 is 5.36. The lowest BCUT2D eigenvalue weighted by Crippen LogP contribution is -2.47. The minimum Gasteiger partial charge on any atom is -0.496 e. The number of amides is 1. The molecule has 0 saturated heterocycles. The van der Waals surface area contributed by atoms with Crippen LogP contribution in [0.15, 0.2) is 66.0 Å². The molecular weight excluding hydrogens is 348 g/mol. The van der Waals surface area contributed by atoms with E-state index in [2.05, 4.69) is 10.9 Å². The Hall–Kier alpha value is -2.83. The Morgan fingerprint density at radius 3 is 2.62 bits per heavy atom. The number of hydrogen-bond acceptors (Lipinski definition) is 5. The molecule has 6 heteroatoms. The number of carbonyl (C=O) groups is 1. The fourth-order valence-electron chi connectivity index (χ4n) is 2.74. The van der Waals surface area contributed by atoms with Crippen molar-refractivity contribution >= 4 is 22.9 Å². The van der Waals surface area contributed by atoms with Gasteiger partial charge in [-0.3, -0.25) is 15.6 Å². The molecule has 2 aromatic carbocycles. The van der Waals surface area contributed by atoms with Crippen LogP contribution in [0.5, 0.6) is 5.75 Å². The molecule has 26 heavy (non-hydrogen) atoms. The van der Waals surface area contributed by atoms with Crippen molar-refractivity contribution in [2.24, 2.45) is 0 Å². The van der Waals surface area contributed by atoms with Gasteiger partial charge in [0.25, 0.3) is 5.91 Å². The smallest absolute Gasteiger partial charge is 0.280 e. The second-order valence-electron chi connectivity index (χ2n) is 5.84. The number of thiophene rings is 1. The van der Waals surface area contributed by atoms with Gasteiger partial charge in [0.2, 0.25) is 5.60 Å². The van der Waals surface area contributed by atoms with Crippen molar-refractivity contribution in [1.29, 1.82) is 0 Å². The van der Waals surface area contributed by atoms with Crippen molar-refractivity contribution in [2.75, 3.05) is 12.5 Å². The lowest BCUT2D eigenvalue weighted by molar-refractivity contribution is -0.136. The summed E-state index contributed by atoms with van der Waals surface area (Å²) in [5.41, 5.74) is 5.77. The quantitative estimate of drug-likeness (QED) is 0.583. The molecule has 1 aromatic heterocycles. The minimum absolute atomic E-state index is 0.383. The van der Waals surface area contributed by atoms with Gasteiger partial charge in [0.1, 0.15) is 5.75 Å². The number of rotatable bonds is 6. The molecule has 0 spiro atoms. The first-order valence-corrected chi connectivity index (χ1v) is 8.96. The molecule has 3 N–H and O–H groups in total. The molecule has 1 amide bonds. The summed E-state index contributed by atoms with van der Waals surface area (Å²) in [4.78, 5) is 13.5. The highest BCUT2D eigenvalue weighted by Gasteiger charge is 2.43. The van der Waals surface area contributed by atoms with E-state index >= 15 is 0 Å². The van der Waals surface area contributed by atoms with Crippen molar-refractivity contribution < 1.29 is 14.6 Å². The Labute approximate surface area is 156 Å². The second kappa shape index (κ2) is 7.59. The number of ether oxygens (including phenoxy) is 1. The fraction of sp³-hybridized carbons (Fsp3) is 0.150. The molecule has 3 aromatic rings. The van der Waals surface area contributed by atoms with Crippen LogP contribution in [-0.4, -0.2) is 18.1 Å². The monoisotopic (exact) mass is 368 g/mol. The van der Waals surface area contributed by atoms with Gasteiger partial charge in [-0.05, 0) is 42.1 Å². The predicted octanol–water partition coefficient (Wildman–Crippen LogP) is 3.44. The molecular formula is C20H20N2O3S. The van der Waals surface area contributed by atoms with Crippen LogP contribution < -0.4 is 15.6 Å². The maximum Gasteiger partial charge on any atom is 0.280 e. The Balaban J connectivity index is 1.95. The first kappa shape index (κ1) is 18.0. The predicted molar refractivity (Wildman–Crippen MR) is 103 cm³/mol. The molecule has 0 aliphatic rings. The molecule has 1 unspecified atom stereocenters. The molecule has 3 rings (SSSR count). The van der Waals surface area contributed by atoms with Crippen LogP contribution >= 0.6 is 11.3 Å². The van der Waals surface area contributed by atoms with Crippen molar-refractivity contribution in [2.45, 2.75) is 12.5 Å². The minimum atomic E-state index is -1.88. The van der Waals surface area contributed by atoms with E-state index in [4.69, 9.17) is 4.74 Å². The van der Waals surface area contributed by atoms with E-state index in [0.29, 0.717) is 16.2 Å². The number of hydrogen-bond donors (Lipinski definition) is 3. The van der Waals surface area contributed by atoms with E-state index in [-0.39, 0.29) is 0 Å². The van der Waals surface area contributed by atoms with Crippen LogP contribution in [0.4, 0.5) is 5.69 Å². The number of hydrazine groups is 1. The van der Waals surface area contributed by atoms with Crippen molar-refractivity contribution in [3.63, 3.8) is 0 Å². The molecule has 134 valence electrons. The van der Waals surface area contributed by atoms with Gasteiger partial charge in [-0.15, -0.1) is 11.3 Å². The first-order valence-electron chi connectivity index (χ1n) is 8.08. The second-order valence-corrected chi connectivity index (χ2v) is 6.78. The molecule has 1 heterocycles. The number of anilines is 1. The van der Waals surface area contributed by atoms with Crippen LogP contribution in [0.1, 0.15) is 16.0 Å². The Bertz CT molecular complexity index is 896. The number of aliphatic hydroxyl groups is 1. The summed E-state index contributed by atoms with van der Waals surface area (Å²) in [6.45, 7) is 1.96. The third-order valence-electron chi connectivity index (χ3n) is 4.04. The number of nitrogens with one attached hydrogen (secondary N) is 2. The summed E-state index contributed by atoms with van der Waals surface area (Å²) in [6.07, 6.45) is 0. The lowest BCUT2D eigenvalue weighted by atomic mass is 9.90. The fourth-order valence-corrected chi connectivity index (χ4v) is 3.57. The van der Waals surface area contributed by atoms with E-state index in [1.807, 2.05) is 36.6 Å². The van der Waals surface area contributed by atoms with Gasteiger partial charge in [-0.25, -0.2) is 0 Å². The maximum absolute atomic E-state index is 13.0. The average Bonchev–Trinajstić information content (AvgIpc) is 3.20. The standard InChI is InChI=1S/C20H20N2O3S/c1-14-7-5-8-15(13-14)21-22-19(23)20(24,18-11-6-12-26-18)16-9-3-4-10-17(16)25-2/h3-13,21,24H,1-2H3,(H,22,23). The normalized spacial score (nSPS) is 12.9. The lowest BCUT2D eigenvalue weighted by Gasteiger charge is -2.28. The number of carbonyl (C=O) groups excluding carboxylic acids is 1. The highest BCUT2D eigenvalue weighted by atomic mass is 32.1. The van der Waals surface area contributed by atoms with Gasteiger partial charge in [0.15, 0.2) is 0 Å². The zero-order valence-corrected chi connectivity index (χ0v) is 15.3. The SMILES string of the molecule is COc1ccccc1C(O)(C(=O)NNc1cccc(C)c1)c1cccs1. The number of aryl methyl sites for hydroxylation is 1. The molecule has 0 aliphatic heterocycles. The van der Waals surface area contributed by atoms with Crippen molar-refractivity contribution in [3.05, 3.63) is 82.0 Å². The zero-order valence-electron chi connectivity index (χ0n) is 14.5. The number of benzene rings is 2. The van der Waals surface area contributed by atoms with E-state index in [0.717, 1.165) is 11.3 Å². The van der Waals surface area contributed by atoms with Crippen molar-refractivity contribution in [1.82, 2.24) is 5.43 Å². The topological polar surface area (TPSA) is 70.6 Å². The summed E-state index contributed by atoms with van der Waals surface area (Å²) in [5, 5.41) is 13.3. The Morgan fingerprint density at radius 1 is 1.12 bits per heavy atom. The number of methoxy groups -OCH3 is 1. The molecule has 0 saturated carbocycles. The van der Waals surface area contributed by atoms with E-state index in [9.17, 15) is 9.90 Å². The van der Waals surface area contributed by atoms with Crippen LogP contribution in [-0.2, 0) is 10.4 Å². The highest BCUT2D eigenvalue weighted by Crippen LogP contribution is 2.38. The highest BCUT2D eigenvalue weighted by molar-refractivity contribution is 7.10. The molecule has 1 atom stereocenters. The summed E-state index contributed by atoms with van der Waals surface area (Å²) in [6, 6.07) is 18.1. The average molecular weight is 368 g/mol. The zero-order chi connectivity index (χ0) is 18.6. The largest absolute Gasteiger partial charge is 0.496 e. The van der Waals surface area contributed by atoms with Crippen LogP contribution in [0, 0.1) is 6.92 Å². The Morgan fingerprint density at radius 2 is 1.92 bits per heavy atom. The summed E-state index contributed by atoms with van der Waals surface area (Å²) >= 11 is 1.30. The molecule has 5 nitrogen and oxygen atoms in total. The summed E-state index contributed by atoms with van der Waals surface area (Å²) in [7, 11) is 1.51. The molecule has 0 fully saturated rings.